The molecule has 0 aliphatic carbocycles. The third-order valence-corrected chi connectivity index (χ3v) is 7.20. The van der Waals surface area contributed by atoms with Gasteiger partial charge in [0.2, 0.25) is 4.96 Å². The van der Waals surface area contributed by atoms with Crippen LogP contribution >= 0.6 is 11.3 Å². The fraction of sp³-hybridized carbons (Fsp3) is 0.308. The fourth-order valence-electron chi connectivity index (χ4n) is 4.49. The summed E-state index contributed by atoms with van der Waals surface area (Å²) in [6.45, 7) is 8.44. The lowest BCUT2D eigenvalue weighted by Gasteiger charge is -2.30. The van der Waals surface area contributed by atoms with Crippen LogP contribution < -0.4 is 19.7 Å². The number of nitrogens with one attached hydrogen (secondary N) is 1. The number of nitrogens with zero attached hydrogens (tertiary/aromatic N) is 4. The minimum Gasteiger partial charge on any atom is -0.497 e. The van der Waals surface area contributed by atoms with E-state index in [2.05, 4.69) is 45.4 Å². The molecule has 1 aliphatic heterocycles. The Morgan fingerprint density at radius 2 is 1.97 bits per heavy atom. The van der Waals surface area contributed by atoms with Gasteiger partial charge in [0.1, 0.15) is 34.4 Å². The number of benzene rings is 2. The molecular weight excluding hydrogens is 462 g/mol. The van der Waals surface area contributed by atoms with Crippen LogP contribution in [0.15, 0.2) is 47.0 Å². The van der Waals surface area contributed by atoms with Crippen molar-refractivity contribution in [3.63, 3.8) is 0 Å². The smallest absolute Gasteiger partial charge is 0.212 e. The predicted octanol–water partition coefficient (Wildman–Crippen LogP) is 4.82. The number of rotatable bonds is 6. The molecule has 8 nitrogen and oxygen atoms in total. The Balaban J connectivity index is 1.31. The van der Waals surface area contributed by atoms with Crippen LogP contribution in [-0.4, -0.2) is 47.9 Å². The number of ether oxygens (including phenoxy) is 2. The number of aryl methyl sites for hydroxylation is 2. The van der Waals surface area contributed by atoms with Crippen molar-refractivity contribution in [2.45, 2.75) is 20.5 Å². The highest BCUT2D eigenvalue weighted by Gasteiger charge is 2.17. The standard InChI is InChI=1S/C26H27N5O3S/c1-16-4-5-19(30-8-6-27-7-9-30)11-23(16)33-15-18-10-20(32-3)12-24-21(18)13-25(34-24)22-14-31-26(28-22)35-17(2)29-31/h4-5,10-14,27H,6-9,15H2,1-3H3. The maximum Gasteiger partial charge on any atom is 0.212 e. The van der Waals surface area contributed by atoms with Crippen LogP contribution in [-0.2, 0) is 6.61 Å². The molecule has 0 amide bonds. The van der Waals surface area contributed by atoms with Crippen LogP contribution in [0.1, 0.15) is 16.1 Å². The molecule has 9 heteroatoms. The van der Waals surface area contributed by atoms with Crippen molar-refractivity contribution in [1.29, 1.82) is 0 Å². The van der Waals surface area contributed by atoms with Gasteiger partial charge in [-0.2, -0.15) is 5.10 Å². The van der Waals surface area contributed by atoms with Crippen molar-refractivity contribution in [1.82, 2.24) is 19.9 Å². The lowest BCUT2D eigenvalue weighted by atomic mass is 10.1. The summed E-state index contributed by atoms with van der Waals surface area (Å²) >= 11 is 1.55. The number of piperazine rings is 1. The summed E-state index contributed by atoms with van der Waals surface area (Å²) in [5.74, 6) is 2.31. The molecule has 4 heterocycles. The molecule has 0 bridgehead atoms. The Morgan fingerprint density at radius 1 is 1.11 bits per heavy atom. The third kappa shape index (κ3) is 4.21. The first-order chi connectivity index (χ1) is 17.1. The summed E-state index contributed by atoms with van der Waals surface area (Å²) in [6, 6.07) is 12.4. The second-order valence-electron chi connectivity index (χ2n) is 8.76. The van der Waals surface area contributed by atoms with Gasteiger partial charge in [0.05, 0.1) is 13.3 Å². The first-order valence-electron chi connectivity index (χ1n) is 11.7. The molecule has 1 fully saturated rings. The molecule has 35 heavy (non-hydrogen) atoms. The lowest BCUT2D eigenvalue weighted by Crippen LogP contribution is -2.43. The van der Waals surface area contributed by atoms with Crippen LogP contribution in [0.3, 0.4) is 0 Å². The number of anilines is 1. The van der Waals surface area contributed by atoms with E-state index in [1.165, 1.54) is 5.69 Å². The highest BCUT2D eigenvalue weighted by atomic mass is 32.1. The summed E-state index contributed by atoms with van der Waals surface area (Å²) in [5, 5.41) is 9.82. The molecule has 1 aliphatic rings. The summed E-state index contributed by atoms with van der Waals surface area (Å²) in [5.41, 5.74) is 4.79. The number of hydrogen-bond donors (Lipinski definition) is 1. The Kier molecular flexibility index (Phi) is 5.58. The zero-order valence-corrected chi connectivity index (χ0v) is 20.8. The molecule has 0 spiro atoms. The minimum absolute atomic E-state index is 0.400. The third-order valence-electron chi connectivity index (χ3n) is 6.37. The number of aromatic nitrogens is 3. The molecule has 2 aromatic carbocycles. The van der Waals surface area contributed by atoms with Crippen molar-refractivity contribution in [3.05, 3.63) is 58.7 Å². The van der Waals surface area contributed by atoms with Gasteiger partial charge in [-0.25, -0.2) is 9.50 Å². The van der Waals surface area contributed by atoms with Gasteiger partial charge in [0.25, 0.3) is 0 Å². The Hall–Kier alpha value is -3.56. The fourth-order valence-corrected chi connectivity index (χ4v) is 5.21. The number of hydrogen-bond acceptors (Lipinski definition) is 8. The van der Waals surface area contributed by atoms with E-state index in [0.717, 1.165) is 75.4 Å². The van der Waals surface area contributed by atoms with Gasteiger partial charge in [-0.1, -0.05) is 17.4 Å². The van der Waals surface area contributed by atoms with Crippen molar-refractivity contribution >= 4 is 33.0 Å². The van der Waals surface area contributed by atoms with E-state index < -0.39 is 0 Å². The minimum atomic E-state index is 0.400. The lowest BCUT2D eigenvalue weighted by molar-refractivity contribution is 0.304. The monoisotopic (exact) mass is 489 g/mol. The topological polar surface area (TPSA) is 77.1 Å². The van der Waals surface area contributed by atoms with Crippen LogP contribution in [0.2, 0.25) is 0 Å². The molecule has 1 N–H and O–H groups in total. The zero-order valence-electron chi connectivity index (χ0n) is 20.0. The Bertz CT molecular complexity index is 1480. The van der Waals surface area contributed by atoms with Gasteiger partial charge in [-0.05, 0) is 37.6 Å². The predicted molar refractivity (Wildman–Crippen MR) is 138 cm³/mol. The first kappa shape index (κ1) is 21.9. The zero-order chi connectivity index (χ0) is 23.9. The van der Waals surface area contributed by atoms with Crippen molar-refractivity contribution < 1.29 is 13.9 Å². The SMILES string of the molecule is COc1cc(COc2cc(N3CCNCC3)ccc2C)c2cc(-c3cn4nc(C)sc4n3)oc2c1. The van der Waals surface area contributed by atoms with Crippen LogP contribution in [0.5, 0.6) is 11.5 Å². The van der Waals surface area contributed by atoms with Crippen molar-refractivity contribution in [3.8, 4) is 23.0 Å². The van der Waals surface area contributed by atoms with Crippen LogP contribution in [0.25, 0.3) is 27.4 Å². The molecule has 1 saturated heterocycles. The van der Waals surface area contributed by atoms with Gasteiger partial charge < -0.3 is 24.1 Å². The van der Waals surface area contributed by atoms with E-state index >= 15 is 0 Å². The molecule has 3 aromatic heterocycles. The molecular formula is C26H27N5O3S. The molecule has 0 saturated carbocycles. The van der Waals surface area contributed by atoms with E-state index in [1.54, 1.807) is 23.0 Å². The summed E-state index contributed by atoms with van der Waals surface area (Å²) in [7, 11) is 1.66. The highest BCUT2D eigenvalue weighted by molar-refractivity contribution is 7.16. The van der Waals surface area contributed by atoms with E-state index in [9.17, 15) is 0 Å². The number of furan rings is 1. The van der Waals surface area contributed by atoms with E-state index in [1.807, 2.05) is 31.3 Å². The number of fused-ring (bicyclic) bond motifs is 2. The second kappa shape index (κ2) is 8.90. The van der Waals surface area contributed by atoms with E-state index in [-0.39, 0.29) is 0 Å². The molecule has 0 radical (unpaired) electrons. The van der Waals surface area contributed by atoms with Gasteiger partial charge in [-0.15, -0.1) is 0 Å². The number of methoxy groups -OCH3 is 1. The molecule has 180 valence electrons. The first-order valence-corrected chi connectivity index (χ1v) is 12.5. The second-order valence-corrected chi connectivity index (χ2v) is 9.92. The average Bonchev–Trinajstić information content (AvgIpc) is 3.56. The Morgan fingerprint density at radius 3 is 2.77 bits per heavy atom. The molecule has 6 rings (SSSR count). The molecule has 5 aromatic rings. The molecule has 0 unspecified atom stereocenters. The van der Waals surface area contributed by atoms with Crippen molar-refractivity contribution in [2.24, 2.45) is 0 Å². The molecule has 0 atom stereocenters. The van der Waals surface area contributed by atoms with E-state index in [4.69, 9.17) is 13.9 Å². The van der Waals surface area contributed by atoms with Gasteiger partial charge in [0.15, 0.2) is 5.76 Å². The largest absolute Gasteiger partial charge is 0.497 e. The Labute approximate surface area is 207 Å². The maximum atomic E-state index is 6.36. The summed E-state index contributed by atoms with van der Waals surface area (Å²) in [4.78, 5) is 7.92. The normalized spacial score (nSPS) is 14.2. The summed E-state index contributed by atoms with van der Waals surface area (Å²) < 4.78 is 19.9. The van der Waals surface area contributed by atoms with Gasteiger partial charge >= 0.3 is 0 Å². The quantitative estimate of drug-likeness (QED) is 0.366. The number of imidazole rings is 1. The van der Waals surface area contributed by atoms with Gasteiger partial charge in [-0.3, -0.25) is 0 Å². The van der Waals surface area contributed by atoms with Crippen LogP contribution in [0, 0.1) is 13.8 Å². The maximum absolute atomic E-state index is 6.36. The summed E-state index contributed by atoms with van der Waals surface area (Å²) in [6.07, 6.45) is 1.90. The highest BCUT2D eigenvalue weighted by Crippen LogP contribution is 2.34. The average molecular weight is 490 g/mol. The van der Waals surface area contributed by atoms with E-state index in [0.29, 0.717) is 12.4 Å². The van der Waals surface area contributed by atoms with Crippen LogP contribution in [0.4, 0.5) is 5.69 Å². The van der Waals surface area contributed by atoms with Crippen molar-refractivity contribution in [2.75, 3.05) is 38.2 Å². The van der Waals surface area contributed by atoms with Gasteiger partial charge in [0, 0.05) is 54.9 Å².